The fraction of sp³-hybridized carbons (Fsp3) is 0.696. The molecule has 0 unspecified atom stereocenters. The van der Waals surface area contributed by atoms with Gasteiger partial charge in [0.2, 0.25) is 0 Å². The quantitative estimate of drug-likeness (QED) is 0.545. The Labute approximate surface area is 184 Å². The first-order valence-electron chi connectivity index (χ1n) is 11.3. The highest BCUT2D eigenvalue weighted by molar-refractivity contribution is 7.90. The molecule has 0 bridgehead atoms. The van der Waals surface area contributed by atoms with Gasteiger partial charge in [-0.2, -0.15) is 0 Å². The Morgan fingerprint density at radius 1 is 1.19 bits per heavy atom. The minimum Gasteiger partial charge on any atom is -0.491 e. The lowest BCUT2D eigenvalue weighted by Gasteiger charge is -2.52. The Hall–Kier alpha value is -1.83. The predicted molar refractivity (Wildman–Crippen MR) is 114 cm³/mol. The third-order valence-electron chi connectivity index (χ3n) is 7.01. The summed E-state index contributed by atoms with van der Waals surface area (Å²) in [7, 11) is -3.42. The number of sulfone groups is 1. The molecule has 8 heteroatoms. The summed E-state index contributed by atoms with van der Waals surface area (Å²) >= 11 is 0. The second-order valence-electron chi connectivity index (χ2n) is 9.64. The molecule has 0 aromatic heterocycles. The number of piperidine rings is 1. The van der Waals surface area contributed by atoms with E-state index in [1.54, 1.807) is 0 Å². The normalized spacial score (nSPS) is 21.0. The fourth-order valence-electron chi connectivity index (χ4n) is 4.89. The van der Waals surface area contributed by atoms with E-state index in [0.29, 0.717) is 30.5 Å². The molecule has 1 aromatic rings. The Kier molecular flexibility index (Phi) is 6.47. The van der Waals surface area contributed by atoms with Crippen molar-refractivity contribution in [2.45, 2.75) is 56.3 Å². The molecule has 3 aliphatic rings. The van der Waals surface area contributed by atoms with Crippen LogP contribution in [-0.4, -0.2) is 52.0 Å². The van der Waals surface area contributed by atoms with E-state index in [2.05, 4.69) is 0 Å². The van der Waals surface area contributed by atoms with Crippen LogP contribution in [-0.2, 0) is 14.6 Å². The zero-order chi connectivity index (χ0) is 22.1. The maximum absolute atomic E-state index is 14.0. The molecular formula is C23H32FNO5S. The number of halogens is 1. The Morgan fingerprint density at radius 2 is 1.90 bits per heavy atom. The summed E-state index contributed by atoms with van der Waals surface area (Å²) in [5.74, 6) is 0.709. The lowest BCUT2D eigenvalue weighted by Crippen LogP contribution is -2.49. The van der Waals surface area contributed by atoms with Crippen molar-refractivity contribution < 1.29 is 27.1 Å². The Balaban J connectivity index is 1.12. The van der Waals surface area contributed by atoms with E-state index in [1.807, 2.05) is 4.90 Å². The van der Waals surface area contributed by atoms with Gasteiger partial charge < -0.3 is 14.4 Å². The number of benzene rings is 1. The second kappa shape index (κ2) is 8.96. The highest BCUT2D eigenvalue weighted by atomic mass is 32.2. The van der Waals surface area contributed by atoms with Crippen molar-refractivity contribution in [2.75, 3.05) is 32.6 Å². The molecule has 6 nitrogen and oxygen atoms in total. The number of likely N-dealkylation sites (tertiary alicyclic amines) is 1. The highest BCUT2D eigenvalue weighted by Crippen LogP contribution is 2.54. The molecule has 0 atom stereocenters. The highest BCUT2D eigenvalue weighted by Gasteiger charge is 2.46. The molecule has 1 aliphatic heterocycles. The van der Waals surface area contributed by atoms with Crippen molar-refractivity contribution in [1.82, 2.24) is 4.90 Å². The van der Waals surface area contributed by atoms with Gasteiger partial charge in [0, 0.05) is 19.3 Å². The van der Waals surface area contributed by atoms with Crippen LogP contribution >= 0.6 is 0 Å². The zero-order valence-corrected chi connectivity index (χ0v) is 19.0. The zero-order valence-electron chi connectivity index (χ0n) is 18.1. The minimum atomic E-state index is -3.42. The van der Waals surface area contributed by atoms with Gasteiger partial charge in [0.1, 0.15) is 0 Å². The van der Waals surface area contributed by atoms with E-state index < -0.39 is 15.7 Å². The van der Waals surface area contributed by atoms with Crippen LogP contribution in [0.2, 0.25) is 0 Å². The summed E-state index contributed by atoms with van der Waals surface area (Å²) in [5.41, 5.74) is 0.381. The Morgan fingerprint density at radius 3 is 2.52 bits per heavy atom. The van der Waals surface area contributed by atoms with E-state index >= 15 is 0 Å². The number of rotatable bonds is 8. The molecule has 1 aromatic carbocycles. The first-order chi connectivity index (χ1) is 14.7. The maximum atomic E-state index is 14.0. The third kappa shape index (κ3) is 5.70. The number of amides is 1. The van der Waals surface area contributed by atoms with Crippen LogP contribution in [0.1, 0.15) is 51.4 Å². The van der Waals surface area contributed by atoms with Gasteiger partial charge in [-0.25, -0.2) is 17.6 Å². The van der Waals surface area contributed by atoms with Crippen LogP contribution in [0.5, 0.6) is 5.75 Å². The number of ether oxygens (including phenoxy) is 2. The predicted octanol–water partition coefficient (Wildman–Crippen LogP) is 4.43. The molecule has 0 radical (unpaired) electrons. The van der Waals surface area contributed by atoms with Crippen molar-refractivity contribution in [2.24, 2.45) is 17.3 Å². The van der Waals surface area contributed by atoms with E-state index in [1.165, 1.54) is 37.8 Å². The summed E-state index contributed by atoms with van der Waals surface area (Å²) in [6.45, 7) is 2.58. The van der Waals surface area contributed by atoms with Crippen molar-refractivity contribution in [3.05, 3.63) is 24.0 Å². The van der Waals surface area contributed by atoms with Gasteiger partial charge in [0.25, 0.3) is 0 Å². The lowest BCUT2D eigenvalue weighted by molar-refractivity contribution is -0.0178. The van der Waals surface area contributed by atoms with Crippen molar-refractivity contribution in [1.29, 1.82) is 0 Å². The first-order valence-corrected chi connectivity index (χ1v) is 13.2. The molecule has 2 aliphatic carbocycles. The number of nitrogens with zero attached hydrogens (tertiary/aromatic N) is 1. The molecule has 2 saturated carbocycles. The summed E-state index contributed by atoms with van der Waals surface area (Å²) in [6.07, 6.45) is 9.65. The number of carbonyl (C=O) groups excluding carboxylic acids is 1. The number of hydrogen-bond acceptors (Lipinski definition) is 5. The van der Waals surface area contributed by atoms with Crippen LogP contribution < -0.4 is 4.74 Å². The maximum Gasteiger partial charge on any atom is 0.409 e. The molecular weight excluding hydrogens is 421 g/mol. The molecule has 0 N–H and O–H groups in total. The van der Waals surface area contributed by atoms with Gasteiger partial charge in [0.15, 0.2) is 21.4 Å². The topological polar surface area (TPSA) is 72.9 Å². The largest absolute Gasteiger partial charge is 0.491 e. The SMILES string of the molecule is CS(=O)(=O)c1ccc(OCCCC2CC3(CCN(C(=O)OCC4CC4)CC3)C2)c(F)c1. The Bertz CT molecular complexity index is 899. The fourth-order valence-corrected chi connectivity index (χ4v) is 5.52. The van der Waals surface area contributed by atoms with Crippen LogP contribution in [0.4, 0.5) is 9.18 Å². The molecule has 1 spiro atoms. The van der Waals surface area contributed by atoms with Crippen LogP contribution in [0, 0.1) is 23.1 Å². The first kappa shape index (κ1) is 22.4. The minimum absolute atomic E-state index is 0.0423. The van der Waals surface area contributed by atoms with Crippen LogP contribution in [0.25, 0.3) is 0 Å². The lowest BCUT2D eigenvalue weighted by atomic mass is 9.56. The van der Waals surface area contributed by atoms with E-state index in [9.17, 15) is 17.6 Å². The van der Waals surface area contributed by atoms with Gasteiger partial charge >= 0.3 is 6.09 Å². The molecule has 1 heterocycles. The van der Waals surface area contributed by atoms with Gasteiger partial charge in [-0.05, 0) is 86.8 Å². The average Bonchev–Trinajstić information content (AvgIpc) is 3.53. The van der Waals surface area contributed by atoms with Gasteiger partial charge in [-0.1, -0.05) is 0 Å². The van der Waals surface area contributed by atoms with E-state index in [0.717, 1.165) is 51.1 Å². The summed E-state index contributed by atoms with van der Waals surface area (Å²) in [5, 5.41) is 0. The van der Waals surface area contributed by atoms with Crippen LogP contribution in [0.3, 0.4) is 0 Å². The monoisotopic (exact) mass is 453 g/mol. The summed E-state index contributed by atoms with van der Waals surface area (Å²) in [4.78, 5) is 13.9. The summed E-state index contributed by atoms with van der Waals surface area (Å²) < 4.78 is 47.9. The third-order valence-corrected chi connectivity index (χ3v) is 8.12. The number of hydrogen-bond donors (Lipinski definition) is 0. The van der Waals surface area contributed by atoms with Crippen molar-refractivity contribution in [3.8, 4) is 5.75 Å². The average molecular weight is 454 g/mol. The smallest absolute Gasteiger partial charge is 0.409 e. The number of carbonyl (C=O) groups is 1. The van der Waals surface area contributed by atoms with Gasteiger partial charge in [0.05, 0.1) is 18.1 Å². The molecule has 31 heavy (non-hydrogen) atoms. The van der Waals surface area contributed by atoms with Crippen molar-refractivity contribution in [3.63, 3.8) is 0 Å². The molecule has 3 fully saturated rings. The summed E-state index contributed by atoms with van der Waals surface area (Å²) in [6, 6.07) is 3.76. The van der Waals surface area contributed by atoms with Gasteiger partial charge in [-0.3, -0.25) is 0 Å². The molecule has 172 valence electrons. The standard InChI is InChI=1S/C23H32FNO5S/c1-31(27,28)19-6-7-21(20(24)13-19)29-12-2-3-18-14-23(15-18)8-10-25(11-9-23)22(26)30-16-17-4-5-17/h6-7,13,17-18H,2-5,8-12,14-16H2,1H3. The van der Waals surface area contributed by atoms with Crippen LogP contribution in [0.15, 0.2) is 23.1 Å². The molecule has 1 amide bonds. The van der Waals surface area contributed by atoms with Gasteiger partial charge in [-0.15, -0.1) is 0 Å². The van der Waals surface area contributed by atoms with E-state index in [-0.39, 0.29) is 16.7 Å². The molecule has 1 saturated heterocycles. The molecule has 4 rings (SSSR count). The van der Waals surface area contributed by atoms with Crippen molar-refractivity contribution >= 4 is 15.9 Å². The second-order valence-corrected chi connectivity index (χ2v) is 11.7. The van der Waals surface area contributed by atoms with E-state index in [4.69, 9.17) is 9.47 Å².